The molecule has 1 N–H and O–H groups in total. The number of sulfonamides is 1. The predicted octanol–water partition coefficient (Wildman–Crippen LogP) is 3.05. The zero-order valence-electron chi connectivity index (χ0n) is 15.8. The topological polar surface area (TPSA) is 86.2 Å². The van der Waals surface area contributed by atoms with Crippen molar-refractivity contribution in [2.45, 2.75) is 18.7 Å². The van der Waals surface area contributed by atoms with Crippen LogP contribution in [0.5, 0.6) is 17.2 Å². The van der Waals surface area contributed by atoms with Gasteiger partial charge >= 0.3 is 0 Å². The molecule has 0 fully saturated rings. The number of rotatable bonds is 9. The highest BCUT2D eigenvalue weighted by Gasteiger charge is 2.20. The van der Waals surface area contributed by atoms with E-state index in [1.807, 2.05) is 32.0 Å². The molecule has 0 amide bonds. The van der Waals surface area contributed by atoms with Crippen LogP contribution in [0.1, 0.15) is 19.4 Å². The lowest BCUT2D eigenvalue weighted by Gasteiger charge is -2.11. The van der Waals surface area contributed by atoms with Crippen LogP contribution >= 0.6 is 0 Å². The molecule has 146 valence electrons. The van der Waals surface area contributed by atoms with Gasteiger partial charge in [-0.3, -0.25) is 0 Å². The van der Waals surface area contributed by atoms with Crippen molar-refractivity contribution in [3.05, 3.63) is 48.0 Å². The van der Waals surface area contributed by atoms with Crippen LogP contribution < -0.4 is 19.0 Å². The quantitative estimate of drug-likeness (QED) is 0.524. The second-order valence-electron chi connectivity index (χ2n) is 6.11. The third-order valence-corrected chi connectivity index (χ3v) is 4.77. The minimum absolute atomic E-state index is 0.0640. The maximum Gasteiger partial charge on any atom is 0.280 e. The van der Waals surface area contributed by atoms with Crippen molar-refractivity contribution in [2.75, 3.05) is 20.8 Å². The average molecular weight is 392 g/mol. The summed E-state index contributed by atoms with van der Waals surface area (Å²) in [5, 5.41) is 3.87. The van der Waals surface area contributed by atoms with Crippen LogP contribution in [0.15, 0.2) is 52.5 Å². The number of nitrogens with one attached hydrogen (secondary N) is 1. The molecule has 0 aliphatic heterocycles. The van der Waals surface area contributed by atoms with Gasteiger partial charge < -0.3 is 14.2 Å². The lowest BCUT2D eigenvalue weighted by Crippen LogP contribution is -2.19. The molecule has 2 aromatic carbocycles. The van der Waals surface area contributed by atoms with Crippen molar-refractivity contribution in [3.63, 3.8) is 0 Å². The molecule has 2 rings (SSSR count). The van der Waals surface area contributed by atoms with Gasteiger partial charge in [0.25, 0.3) is 10.0 Å². The van der Waals surface area contributed by atoms with Crippen LogP contribution in [0, 0.1) is 5.92 Å². The van der Waals surface area contributed by atoms with E-state index in [1.165, 1.54) is 32.6 Å². The minimum Gasteiger partial charge on any atom is -0.497 e. The number of ether oxygens (including phenoxy) is 3. The van der Waals surface area contributed by atoms with Crippen LogP contribution in [-0.2, 0) is 10.0 Å². The van der Waals surface area contributed by atoms with E-state index >= 15 is 0 Å². The van der Waals surface area contributed by atoms with E-state index < -0.39 is 10.0 Å². The Morgan fingerprint density at radius 2 is 1.81 bits per heavy atom. The molecule has 0 radical (unpaired) electrons. The Labute approximate surface area is 160 Å². The summed E-state index contributed by atoms with van der Waals surface area (Å²) in [6, 6.07) is 11.8. The Morgan fingerprint density at radius 3 is 2.48 bits per heavy atom. The monoisotopic (exact) mass is 392 g/mol. The summed E-state index contributed by atoms with van der Waals surface area (Å²) in [6.45, 7) is 4.65. The predicted molar refractivity (Wildman–Crippen MR) is 104 cm³/mol. The van der Waals surface area contributed by atoms with E-state index in [4.69, 9.17) is 14.2 Å². The smallest absolute Gasteiger partial charge is 0.280 e. The Hall–Kier alpha value is -2.74. The van der Waals surface area contributed by atoms with Gasteiger partial charge in [-0.25, -0.2) is 0 Å². The van der Waals surface area contributed by atoms with Gasteiger partial charge in [0.1, 0.15) is 22.1 Å². The molecule has 0 bridgehead atoms. The summed E-state index contributed by atoms with van der Waals surface area (Å²) in [5.41, 5.74) is 0.665. The normalized spacial score (nSPS) is 11.6. The summed E-state index contributed by atoms with van der Waals surface area (Å²) in [6.07, 6.45) is 1.40. The molecule has 0 heterocycles. The third kappa shape index (κ3) is 5.62. The van der Waals surface area contributed by atoms with Crippen LogP contribution in [0.3, 0.4) is 0 Å². The van der Waals surface area contributed by atoms with E-state index in [9.17, 15) is 8.42 Å². The summed E-state index contributed by atoms with van der Waals surface area (Å²) in [5.74, 6) is 1.59. The zero-order chi connectivity index (χ0) is 19.9. The Bertz CT molecular complexity index is 895. The number of hydrogen-bond donors (Lipinski definition) is 1. The lowest BCUT2D eigenvalue weighted by molar-refractivity contribution is 0.270. The Balaban J connectivity index is 2.21. The number of para-hydroxylation sites is 1. The number of nitrogens with zero attached hydrogens (tertiary/aromatic N) is 1. The van der Waals surface area contributed by atoms with Crippen molar-refractivity contribution < 1.29 is 22.6 Å². The van der Waals surface area contributed by atoms with E-state index in [2.05, 4.69) is 9.93 Å². The van der Waals surface area contributed by atoms with Crippen LogP contribution in [0.4, 0.5) is 0 Å². The third-order valence-electron chi connectivity index (χ3n) is 3.53. The molecule has 0 unspecified atom stereocenters. The highest BCUT2D eigenvalue weighted by atomic mass is 32.2. The van der Waals surface area contributed by atoms with E-state index in [0.717, 1.165) is 0 Å². The number of hydrazone groups is 1. The molecule has 0 aliphatic carbocycles. The molecular formula is C19H24N2O5S. The van der Waals surface area contributed by atoms with E-state index in [-0.39, 0.29) is 10.6 Å². The zero-order valence-corrected chi connectivity index (χ0v) is 16.6. The molecular weight excluding hydrogens is 368 g/mol. The maximum absolute atomic E-state index is 12.6. The fraction of sp³-hybridized carbons (Fsp3) is 0.316. The van der Waals surface area contributed by atoms with Gasteiger partial charge in [0.15, 0.2) is 0 Å². The lowest BCUT2D eigenvalue weighted by atomic mass is 10.2. The summed E-state index contributed by atoms with van der Waals surface area (Å²) >= 11 is 0. The van der Waals surface area contributed by atoms with Gasteiger partial charge in [-0.2, -0.15) is 18.4 Å². The SMILES string of the molecule is COc1ccc(OC)c(S(=O)(=O)N/N=C/c2ccccc2OCC(C)C)c1. The van der Waals surface area contributed by atoms with Crippen molar-refractivity contribution >= 4 is 16.2 Å². The summed E-state index contributed by atoms with van der Waals surface area (Å²) in [7, 11) is -1.09. The summed E-state index contributed by atoms with van der Waals surface area (Å²) < 4.78 is 41.1. The maximum atomic E-state index is 12.6. The molecule has 2 aromatic rings. The second kappa shape index (κ2) is 9.27. The molecule has 0 saturated carbocycles. The van der Waals surface area contributed by atoms with Crippen LogP contribution in [0.25, 0.3) is 0 Å². The van der Waals surface area contributed by atoms with Crippen molar-refractivity contribution in [1.82, 2.24) is 4.83 Å². The number of methoxy groups -OCH3 is 2. The Morgan fingerprint density at radius 1 is 1.07 bits per heavy atom. The van der Waals surface area contributed by atoms with Gasteiger partial charge in [-0.15, -0.1) is 0 Å². The first-order valence-corrected chi connectivity index (χ1v) is 9.84. The van der Waals surface area contributed by atoms with Crippen molar-refractivity contribution in [1.29, 1.82) is 0 Å². The van der Waals surface area contributed by atoms with Gasteiger partial charge in [-0.05, 0) is 30.2 Å². The first-order chi connectivity index (χ1) is 12.9. The molecule has 0 aliphatic rings. The van der Waals surface area contributed by atoms with Gasteiger partial charge in [-0.1, -0.05) is 26.0 Å². The average Bonchev–Trinajstić information content (AvgIpc) is 2.66. The molecule has 0 spiro atoms. The first kappa shape index (κ1) is 20.6. The van der Waals surface area contributed by atoms with Crippen LogP contribution in [-0.4, -0.2) is 35.5 Å². The fourth-order valence-electron chi connectivity index (χ4n) is 2.18. The van der Waals surface area contributed by atoms with E-state index in [0.29, 0.717) is 29.6 Å². The fourth-order valence-corrected chi connectivity index (χ4v) is 3.16. The number of benzene rings is 2. The van der Waals surface area contributed by atoms with Gasteiger partial charge in [0.2, 0.25) is 0 Å². The first-order valence-electron chi connectivity index (χ1n) is 8.36. The molecule has 0 saturated heterocycles. The van der Waals surface area contributed by atoms with Crippen molar-refractivity contribution in [2.24, 2.45) is 11.0 Å². The second-order valence-corrected chi connectivity index (χ2v) is 7.74. The Kier molecular flexibility index (Phi) is 7.06. The van der Waals surface area contributed by atoms with Gasteiger partial charge in [0.05, 0.1) is 27.0 Å². The minimum atomic E-state index is -3.94. The van der Waals surface area contributed by atoms with E-state index in [1.54, 1.807) is 12.1 Å². The van der Waals surface area contributed by atoms with Crippen molar-refractivity contribution in [3.8, 4) is 17.2 Å². The molecule has 27 heavy (non-hydrogen) atoms. The highest BCUT2D eigenvalue weighted by molar-refractivity contribution is 7.89. The molecule has 0 atom stereocenters. The molecule has 8 heteroatoms. The van der Waals surface area contributed by atoms with Gasteiger partial charge in [0, 0.05) is 11.6 Å². The molecule has 7 nitrogen and oxygen atoms in total. The highest BCUT2D eigenvalue weighted by Crippen LogP contribution is 2.28. The standard InChI is InChI=1S/C19H24N2O5S/c1-14(2)13-26-17-8-6-5-7-15(17)12-20-21-27(22,23)19-11-16(24-3)9-10-18(19)25-4/h5-12,14,21H,13H2,1-4H3/b20-12+. The van der Waals surface area contributed by atoms with Crippen LogP contribution in [0.2, 0.25) is 0 Å². The largest absolute Gasteiger partial charge is 0.497 e. The number of hydrogen-bond acceptors (Lipinski definition) is 6. The summed E-state index contributed by atoms with van der Waals surface area (Å²) in [4.78, 5) is 2.13. The molecule has 0 aromatic heterocycles.